The predicted octanol–water partition coefficient (Wildman–Crippen LogP) is 0.509. The maximum Gasteiger partial charge on any atom is 0.234 e. The monoisotopic (exact) mass is 219 g/mol. The maximum atomic E-state index is 11.2. The first-order chi connectivity index (χ1) is 7.66. The van der Waals surface area contributed by atoms with E-state index in [0.29, 0.717) is 6.54 Å². The van der Waals surface area contributed by atoms with E-state index in [1.165, 1.54) is 5.56 Å². The number of hydrogen-bond donors (Lipinski definition) is 2. The molecule has 4 heteroatoms. The number of amides is 1. The molecule has 16 heavy (non-hydrogen) atoms. The van der Waals surface area contributed by atoms with Gasteiger partial charge in [-0.1, -0.05) is 12.1 Å². The average Bonchev–Trinajstić information content (AvgIpc) is 2.25. The fourth-order valence-corrected chi connectivity index (χ4v) is 1.94. The zero-order valence-corrected chi connectivity index (χ0v) is 9.49. The van der Waals surface area contributed by atoms with Gasteiger partial charge in [-0.3, -0.25) is 9.69 Å². The molecule has 86 valence electrons. The highest BCUT2D eigenvalue weighted by Gasteiger charge is 2.16. The van der Waals surface area contributed by atoms with E-state index in [0.717, 1.165) is 30.9 Å². The third kappa shape index (κ3) is 2.33. The molecule has 1 aromatic rings. The number of nitrogens with one attached hydrogen (secondary N) is 1. The van der Waals surface area contributed by atoms with Crippen molar-refractivity contribution in [3.63, 3.8) is 0 Å². The molecule has 0 aliphatic carbocycles. The fraction of sp³-hybridized carbons (Fsp3) is 0.417. The van der Waals surface area contributed by atoms with Crippen molar-refractivity contribution in [1.82, 2.24) is 10.2 Å². The number of rotatable bonds is 2. The van der Waals surface area contributed by atoms with Crippen molar-refractivity contribution in [2.24, 2.45) is 0 Å². The number of hydrogen-bond acceptors (Lipinski definition) is 3. The molecule has 2 rings (SSSR count). The summed E-state index contributed by atoms with van der Waals surface area (Å²) in [5.74, 6) is 0.104. The first-order valence-corrected chi connectivity index (χ1v) is 5.50. The van der Waals surface area contributed by atoms with E-state index >= 15 is 0 Å². The van der Waals surface area contributed by atoms with Crippen LogP contribution in [-0.4, -0.2) is 30.4 Å². The molecule has 1 aromatic carbocycles. The lowest BCUT2D eigenvalue weighted by Crippen LogP contribution is -2.47. The van der Waals surface area contributed by atoms with Crippen LogP contribution in [0.3, 0.4) is 0 Å². The first kappa shape index (κ1) is 11.0. The molecule has 0 spiro atoms. The number of nitrogens with two attached hydrogens (primary N) is 1. The van der Waals surface area contributed by atoms with Crippen molar-refractivity contribution in [1.29, 1.82) is 0 Å². The molecule has 1 aliphatic heterocycles. The summed E-state index contributed by atoms with van der Waals surface area (Å²) in [5, 5.41) is 2.82. The van der Waals surface area contributed by atoms with E-state index in [1.807, 2.05) is 19.1 Å². The van der Waals surface area contributed by atoms with Gasteiger partial charge in [-0.25, -0.2) is 0 Å². The van der Waals surface area contributed by atoms with E-state index in [-0.39, 0.29) is 5.91 Å². The molecule has 1 aliphatic rings. The van der Waals surface area contributed by atoms with Gasteiger partial charge in [0, 0.05) is 25.3 Å². The van der Waals surface area contributed by atoms with E-state index in [2.05, 4.69) is 16.3 Å². The third-order valence-corrected chi connectivity index (χ3v) is 3.00. The van der Waals surface area contributed by atoms with Gasteiger partial charge in [0.1, 0.15) is 0 Å². The van der Waals surface area contributed by atoms with Gasteiger partial charge in [0.15, 0.2) is 0 Å². The quantitative estimate of drug-likeness (QED) is 0.712. The molecule has 0 radical (unpaired) electrons. The van der Waals surface area contributed by atoms with Crippen LogP contribution in [0.4, 0.5) is 5.69 Å². The van der Waals surface area contributed by atoms with Gasteiger partial charge in [0.2, 0.25) is 5.91 Å². The van der Waals surface area contributed by atoms with Crippen molar-refractivity contribution in [3.8, 4) is 0 Å². The normalized spacial score (nSPS) is 17.2. The summed E-state index contributed by atoms with van der Waals surface area (Å²) in [5.41, 5.74) is 9.00. The second-order valence-electron chi connectivity index (χ2n) is 4.19. The van der Waals surface area contributed by atoms with Crippen LogP contribution in [0.2, 0.25) is 0 Å². The molecule has 1 fully saturated rings. The SMILES string of the molecule is Cc1c(N)cccc1CN1CCNC(=O)C1. The Morgan fingerprint density at radius 2 is 2.31 bits per heavy atom. The summed E-state index contributed by atoms with van der Waals surface area (Å²) in [6.07, 6.45) is 0. The molecule has 4 nitrogen and oxygen atoms in total. The van der Waals surface area contributed by atoms with Crippen molar-refractivity contribution < 1.29 is 4.79 Å². The molecule has 3 N–H and O–H groups in total. The van der Waals surface area contributed by atoms with E-state index in [1.54, 1.807) is 0 Å². The minimum Gasteiger partial charge on any atom is -0.399 e. The number of nitrogens with zero attached hydrogens (tertiary/aromatic N) is 1. The minimum absolute atomic E-state index is 0.104. The van der Waals surface area contributed by atoms with E-state index < -0.39 is 0 Å². The second-order valence-corrected chi connectivity index (χ2v) is 4.19. The molecule has 0 bridgehead atoms. The molecule has 1 heterocycles. The molecule has 0 unspecified atom stereocenters. The zero-order valence-electron chi connectivity index (χ0n) is 9.49. The summed E-state index contributed by atoms with van der Waals surface area (Å²) < 4.78 is 0. The van der Waals surface area contributed by atoms with Crippen LogP contribution >= 0.6 is 0 Å². The van der Waals surface area contributed by atoms with Crippen LogP contribution in [0.25, 0.3) is 0 Å². The highest BCUT2D eigenvalue weighted by Crippen LogP contribution is 2.17. The Morgan fingerprint density at radius 1 is 1.50 bits per heavy atom. The Morgan fingerprint density at radius 3 is 3.06 bits per heavy atom. The standard InChI is InChI=1S/C12H17N3O/c1-9-10(3-2-4-11(9)13)7-15-6-5-14-12(16)8-15/h2-4H,5-8,13H2,1H3,(H,14,16). The minimum atomic E-state index is 0.104. The summed E-state index contributed by atoms with van der Waals surface area (Å²) in [6.45, 7) is 4.94. The van der Waals surface area contributed by atoms with Crippen LogP contribution in [0.5, 0.6) is 0 Å². The fourth-order valence-electron chi connectivity index (χ4n) is 1.94. The van der Waals surface area contributed by atoms with Gasteiger partial charge < -0.3 is 11.1 Å². The topological polar surface area (TPSA) is 58.4 Å². The Balaban J connectivity index is 2.08. The number of benzene rings is 1. The van der Waals surface area contributed by atoms with Crippen LogP contribution < -0.4 is 11.1 Å². The maximum absolute atomic E-state index is 11.2. The zero-order chi connectivity index (χ0) is 11.5. The molecule has 0 saturated carbocycles. The third-order valence-electron chi connectivity index (χ3n) is 3.00. The van der Waals surface area contributed by atoms with Crippen LogP contribution in [0, 0.1) is 6.92 Å². The van der Waals surface area contributed by atoms with Crippen molar-refractivity contribution in [3.05, 3.63) is 29.3 Å². The Labute approximate surface area is 95.4 Å². The second kappa shape index (κ2) is 4.53. The highest BCUT2D eigenvalue weighted by atomic mass is 16.2. The molecular weight excluding hydrogens is 202 g/mol. The molecule has 0 atom stereocenters. The Hall–Kier alpha value is -1.55. The highest BCUT2D eigenvalue weighted by molar-refractivity contribution is 5.78. The average molecular weight is 219 g/mol. The summed E-state index contributed by atoms with van der Waals surface area (Å²) >= 11 is 0. The number of piperazine rings is 1. The van der Waals surface area contributed by atoms with Gasteiger partial charge in [-0.05, 0) is 24.1 Å². The summed E-state index contributed by atoms with van der Waals surface area (Å²) in [6, 6.07) is 5.93. The lowest BCUT2D eigenvalue weighted by atomic mass is 10.1. The van der Waals surface area contributed by atoms with Crippen LogP contribution in [0.15, 0.2) is 18.2 Å². The van der Waals surface area contributed by atoms with Crippen molar-refractivity contribution >= 4 is 11.6 Å². The number of carbonyl (C=O) groups excluding carboxylic acids is 1. The van der Waals surface area contributed by atoms with Gasteiger partial charge in [0.25, 0.3) is 0 Å². The lowest BCUT2D eigenvalue weighted by Gasteiger charge is -2.27. The number of carbonyl (C=O) groups is 1. The first-order valence-electron chi connectivity index (χ1n) is 5.50. The molecule has 1 amide bonds. The largest absolute Gasteiger partial charge is 0.399 e. The Kier molecular flexibility index (Phi) is 3.10. The lowest BCUT2D eigenvalue weighted by molar-refractivity contribution is -0.124. The van der Waals surface area contributed by atoms with E-state index in [4.69, 9.17) is 5.73 Å². The Bertz CT molecular complexity index is 403. The van der Waals surface area contributed by atoms with Gasteiger partial charge >= 0.3 is 0 Å². The van der Waals surface area contributed by atoms with Crippen molar-refractivity contribution in [2.75, 3.05) is 25.4 Å². The van der Waals surface area contributed by atoms with E-state index in [9.17, 15) is 4.79 Å². The van der Waals surface area contributed by atoms with Gasteiger partial charge in [-0.2, -0.15) is 0 Å². The van der Waals surface area contributed by atoms with Crippen molar-refractivity contribution in [2.45, 2.75) is 13.5 Å². The summed E-state index contributed by atoms with van der Waals surface area (Å²) in [4.78, 5) is 13.4. The number of anilines is 1. The number of nitrogen functional groups attached to an aromatic ring is 1. The molecule has 0 aromatic heterocycles. The van der Waals surface area contributed by atoms with Gasteiger partial charge in [0.05, 0.1) is 6.54 Å². The predicted molar refractivity (Wildman–Crippen MR) is 63.9 cm³/mol. The molecular formula is C12H17N3O. The molecule has 1 saturated heterocycles. The summed E-state index contributed by atoms with van der Waals surface area (Å²) in [7, 11) is 0. The van der Waals surface area contributed by atoms with Gasteiger partial charge in [-0.15, -0.1) is 0 Å². The van der Waals surface area contributed by atoms with Crippen LogP contribution in [-0.2, 0) is 11.3 Å². The van der Waals surface area contributed by atoms with Crippen LogP contribution in [0.1, 0.15) is 11.1 Å². The smallest absolute Gasteiger partial charge is 0.234 e.